The molecule has 1 aliphatic rings. The van der Waals surface area contributed by atoms with E-state index in [9.17, 15) is 14.4 Å². The van der Waals surface area contributed by atoms with Gasteiger partial charge < -0.3 is 15.4 Å². The van der Waals surface area contributed by atoms with Gasteiger partial charge in [-0.15, -0.1) is 0 Å². The van der Waals surface area contributed by atoms with Crippen LogP contribution in [0.1, 0.15) is 56.8 Å². The van der Waals surface area contributed by atoms with Crippen molar-refractivity contribution in [2.24, 2.45) is 17.8 Å². The number of carbonyl (C=O) groups is 3. The minimum absolute atomic E-state index is 0.0108. The number of hydrogen-bond acceptors (Lipinski definition) is 4. The van der Waals surface area contributed by atoms with E-state index in [0.717, 1.165) is 12.8 Å². The molecule has 2 amide bonds. The highest BCUT2D eigenvalue weighted by molar-refractivity contribution is 5.94. The summed E-state index contributed by atoms with van der Waals surface area (Å²) in [7, 11) is 0. The predicted molar refractivity (Wildman–Crippen MR) is 104 cm³/mol. The average Bonchev–Trinajstić information content (AvgIpc) is 2.67. The number of nitrogens with one attached hydrogen (secondary N) is 2. The maximum absolute atomic E-state index is 12.5. The number of benzene rings is 1. The summed E-state index contributed by atoms with van der Waals surface area (Å²) < 4.78 is 4.94. The summed E-state index contributed by atoms with van der Waals surface area (Å²) in [5.74, 6) is 0.0771. The minimum atomic E-state index is -0.371. The van der Waals surface area contributed by atoms with Crippen molar-refractivity contribution in [3.8, 4) is 0 Å². The Bertz CT molecular complexity index is 647. The Morgan fingerprint density at radius 2 is 1.56 bits per heavy atom. The summed E-state index contributed by atoms with van der Waals surface area (Å²) >= 11 is 0. The summed E-state index contributed by atoms with van der Waals surface area (Å²) in [6, 6.07) is 6.69. The van der Waals surface area contributed by atoms with Gasteiger partial charge in [0.05, 0.1) is 12.2 Å². The molecule has 0 radical (unpaired) electrons. The van der Waals surface area contributed by atoms with E-state index in [1.165, 1.54) is 0 Å². The molecule has 1 fully saturated rings. The molecule has 0 aromatic heterocycles. The van der Waals surface area contributed by atoms with Gasteiger partial charge >= 0.3 is 5.97 Å². The van der Waals surface area contributed by atoms with E-state index in [0.29, 0.717) is 43.2 Å². The fraction of sp³-hybridized carbons (Fsp3) is 0.571. The van der Waals surface area contributed by atoms with Crippen LogP contribution < -0.4 is 10.6 Å². The molecule has 6 heteroatoms. The lowest BCUT2D eigenvalue weighted by Gasteiger charge is -2.27. The SMILES string of the molecule is CCOC(=O)c1ccc(NC(=O)C2CCC(C(=O)NCC(C)C)CC2)cc1. The van der Waals surface area contributed by atoms with E-state index in [-0.39, 0.29) is 29.6 Å². The number of anilines is 1. The Balaban J connectivity index is 1.80. The van der Waals surface area contributed by atoms with Gasteiger partial charge in [-0.05, 0) is 62.8 Å². The van der Waals surface area contributed by atoms with E-state index < -0.39 is 0 Å². The van der Waals surface area contributed by atoms with E-state index in [4.69, 9.17) is 4.74 Å². The molecule has 2 rings (SSSR count). The zero-order chi connectivity index (χ0) is 19.8. The molecular weight excluding hydrogens is 344 g/mol. The summed E-state index contributed by atoms with van der Waals surface area (Å²) in [6.45, 7) is 6.92. The van der Waals surface area contributed by atoms with Crippen molar-refractivity contribution in [3.63, 3.8) is 0 Å². The van der Waals surface area contributed by atoms with E-state index in [2.05, 4.69) is 24.5 Å². The molecule has 0 aliphatic heterocycles. The van der Waals surface area contributed by atoms with Crippen molar-refractivity contribution in [1.82, 2.24) is 5.32 Å². The van der Waals surface area contributed by atoms with Gasteiger partial charge in [-0.3, -0.25) is 9.59 Å². The van der Waals surface area contributed by atoms with Gasteiger partial charge in [-0.25, -0.2) is 4.79 Å². The Morgan fingerprint density at radius 3 is 2.07 bits per heavy atom. The highest BCUT2D eigenvalue weighted by Gasteiger charge is 2.29. The highest BCUT2D eigenvalue weighted by Crippen LogP contribution is 2.30. The van der Waals surface area contributed by atoms with Crippen LogP contribution >= 0.6 is 0 Å². The molecule has 1 aromatic carbocycles. The average molecular weight is 374 g/mol. The minimum Gasteiger partial charge on any atom is -0.462 e. The Kier molecular flexibility index (Phi) is 7.82. The first-order valence-corrected chi connectivity index (χ1v) is 9.76. The van der Waals surface area contributed by atoms with Crippen LogP contribution in [0, 0.1) is 17.8 Å². The molecule has 1 aliphatic carbocycles. The van der Waals surface area contributed by atoms with Crippen LogP contribution in [0.2, 0.25) is 0 Å². The molecule has 0 saturated heterocycles. The predicted octanol–water partition coefficient (Wildman–Crippen LogP) is 3.38. The van der Waals surface area contributed by atoms with Gasteiger partial charge in [-0.2, -0.15) is 0 Å². The fourth-order valence-corrected chi connectivity index (χ4v) is 3.22. The zero-order valence-corrected chi connectivity index (χ0v) is 16.4. The first kappa shape index (κ1) is 20.9. The lowest BCUT2D eigenvalue weighted by Crippen LogP contribution is -2.37. The summed E-state index contributed by atoms with van der Waals surface area (Å²) in [5.41, 5.74) is 1.12. The van der Waals surface area contributed by atoms with Crippen molar-refractivity contribution in [1.29, 1.82) is 0 Å². The molecule has 0 unspecified atom stereocenters. The lowest BCUT2D eigenvalue weighted by molar-refractivity contribution is -0.128. The monoisotopic (exact) mass is 374 g/mol. The molecule has 2 N–H and O–H groups in total. The maximum Gasteiger partial charge on any atom is 0.338 e. The van der Waals surface area contributed by atoms with E-state index >= 15 is 0 Å². The zero-order valence-electron chi connectivity index (χ0n) is 16.4. The van der Waals surface area contributed by atoms with Crippen LogP contribution in [0.4, 0.5) is 5.69 Å². The van der Waals surface area contributed by atoms with Crippen molar-refractivity contribution < 1.29 is 19.1 Å². The van der Waals surface area contributed by atoms with Gasteiger partial charge in [-0.1, -0.05) is 13.8 Å². The summed E-state index contributed by atoms with van der Waals surface area (Å²) in [5, 5.41) is 5.88. The Labute approximate surface area is 161 Å². The number of esters is 1. The van der Waals surface area contributed by atoms with Crippen LogP contribution in [-0.4, -0.2) is 30.9 Å². The number of amides is 2. The standard InChI is InChI=1S/C21H30N2O4/c1-4-27-21(26)17-9-11-18(12-10-17)23-20(25)16-7-5-15(6-8-16)19(24)22-13-14(2)3/h9-12,14-16H,4-8,13H2,1-3H3,(H,22,24)(H,23,25). The van der Waals surface area contributed by atoms with Crippen molar-refractivity contribution in [2.45, 2.75) is 46.5 Å². The topological polar surface area (TPSA) is 84.5 Å². The third-order valence-corrected chi connectivity index (χ3v) is 4.82. The molecule has 148 valence electrons. The second-order valence-electron chi connectivity index (χ2n) is 7.47. The largest absolute Gasteiger partial charge is 0.462 e. The molecule has 0 bridgehead atoms. The van der Waals surface area contributed by atoms with Crippen LogP contribution in [0.25, 0.3) is 0 Å². The number of ether oxygens (including phenoxy) is 1. The van der Waals surface area contributed by atoms with Crippen molar-refractivity contribution >= 4 is 23.5 Å². The Morgan fingerprint density at radius 1 is 1.00 bits per heavy atom. The normalized spacial score (nSPS) is 19.4. The third kappa shape index (κ3) is 6.38. The molecule has 0 heterocycles. The third-order valence-electron chi connectivity index (χ3n) is 4.82. The summed E-state index contributed by atoms with van der Waals surface area (Å²) in [4.78, 5) is 36.3. The second-order valence-corrected chi connectivity index (χ2v) is 7.47. The van der Waals surface area contributed by atoms with Gasteiger partial charge in [0.2, 0.25) is 11.8 Å². The van der Waals surface area contributed by atoms with E-state index in [1.807, 2.05) is 0 Å². The van der Waals surface area contributed by atoms with Crippen LogP contribution in [0.3, 0.4) is 0 Å². The fourth-order valence-electron chi connectivity index (χ4n) is 3.22. The molecule has 6 nitrogen and oxygen atoms in total. The van der Waals surface area contributed by atoms with Gasteiger partial charge in [0, 0.05) is 24.1 Å². The van der Waals surface area contributed by atoms with Gasteiger partial charge in [0.25, 0.3) is 0 Å². The summed E-state index contributed by atoms with van der Waals surface area (Å²) in [6.07, 6.45) is 2.91. The van der Waals surface area contributed by atoms with E-state index in [1.54, 1.807) is 31.2 Å². The molecule has 0 spiro atoms. The Hall–Kier alpha value is -2.37. The molecule has 27 heavy (non-hydrogen) atoms. The number of hydrogen-bond donors (Lipinski definition) is 2. The molecule has 1 saturated carbocycles. The lowest BCUT2D eigenvalue weighted by atomic mass is 9.81. The highest BCUT2D eigenvalue weighted by atomic mass is 16.5. The number of carbonyl (C=O) groups excluding carboxylic acids is 3. The van der Waals surface area contributed by atoms with Crippen molar-refractivity contribution in [2.75, 3.05) is 18.5 Å². The second kappa shape index (κ2) is 10.1. The quantitative estimate of drug-likeness (QED) is 0.717. The van der Waals surface area contributed by atoms with Gasteiger partial charge in [0.15, 0.2) is 0 Å². The van der Waals surface area contributed by atoms with Crippen LogP contribution in [0.5, 0.6) is 0 Å². The first-order valence-electron chi connectivity index (χ1n) is 9.76. The van der Waals surface area contributed by atoms with Crippen LogP contribution in [0.15, 0.2) is 24.3 Å². The molecular formula is C21H30N2O4. The molecule has 0 atom stereocenters. The smallest absolute Gasteiger partial charge is 0.338 e. The van der Waals surface area contributed by atoms with Crippen molar-refractivity contribution in [3.05, 3.63) is 29.8 Å². The first-order chi connectivity index (χ1) is 12.9. The molecule has 1 aromatic rings. The number of rotatable bonds is 7. The van der Waals surface area contributed by atoms with Crippen LogP contribution in [-0.2, 0) is 14.3 Å². The maximum atomic E-state index is 12.5. The van der Waals surface area contributed by atoms with Gasteiger partial charge in [0.1, 0.15) is 0 Å².